The molecule has 0 amide bonds. The van der Waals surface area contributed by atoms with Crippen LogP contribution in [-0.2, 0) is 42.9 Å². The molecule has 4 fully saturated rings. The number of fused-ring (bicyclic) bond motifs is 4. The molecular formula is C47H69NO9. The number of ketones is 3. The van der Waals surface area contributed by atoms with E-state index in [9.17, 15) is 24.0 Å². The van der Waals surface area contributed by atoms with Gasteiger partial charge in [0, 0.05) is 30.9 Å². The predicted molar refractivity (Wildman–Crippen MR) is 219 cm³/mol. The quantitative estimate of drug-likeness (QED) is 0.0366. The molecule has 3 saturated carbocycles. The second-order valence-electron chi connectivity index (χ2n) is 17.6. The standard InChI is InChI=1S/C47H69NO9/c1-5-6-7-8-9-10-11-12-13-14-15-16-17-18-19-20-29-54-37(32-48(3)4)33-55-42(52)23-24-43(53)56-34-41(51)46-28-26-39-38-22-21-35-30-36(49)25-27-45(35,2)44(38)40(50)31-47(39,46)57-46/h9-10,12-13,25,27,30,37-39,44H,5-8,11,14-24,26,28-29,31-34H2,1-4H3/b10-9-,13-12-/t37?,38-,39?,44+,45-,46-,47?/m0/s1. The summed E-state index contributed by atoms with van der Waals surface area (Å²) in [4.78, 5) is 66.5. The summed E-state index contributed by atoms with van der Waals surface area (Å²) in [6.45, 7) is 5.15. The number of ether oxygens (including phenoxy) is 4. The molecule has 3 unspecified atom stereocenters. The van der Waals surface area contributed by atoms with Gasteiger partial charge in [0.1, 0.15) is 24.1 Å². The maximum atomic E-state index is 13.8. The lowest BCUT2D eigenvalue weighted by atomic mass is 9.50. The van der Waals surface area contributed by atoms with Crippen molar-refractivity contribution in [2.24, 2.45) is 23.2 Å². The van der Waals surface area contributed by atoms with E-state index >= 15 is 0 Å². The van der Waals surface area contributed by atoms with Crippen LogP contribution in [0.2, 0.25) is 0 Å². The minimum absolute atomic E-state index is 0.0323. The summed E-state index contributed by atoms with van der Waals surface area (Å²) in [5.41, 5.74) is -1.40. The van der Waals surface area contributed by atoms with Gasteiger partial charge in [0.05, 0.1) is 12.8 Å². The van der Waals surface area contributed by atoms with Gasteiger partial charge in [-0.2, -0.15) is 0 Å². The van der Waals surface area contributed by atoms with Gasteiger partial charge in [-0.15, -0.1) is 0 Å². The van der Waals surface area contributed by atoms with Gasteiger partial charge in [0.25, 0.3) is 0 Å². The first-order valence-electron chi connectivity index (χ1n) is 22.0. The molecule has 57 heavy (non-hydrogen) atoms. The highest BCUT2D eigenvalue weighted by Crippen LogP contribution is 2.72. The summed E-state index contributed by atoms with van der Waals surface area (Å²) in [5.74, 6) is -1.57. The number of nitrogens with zero attached hydrogens (tertiary/aromatic N) is 1. The third kappa shape index (κ3) is 11.3. The van der Waals surface area contributed by atoms with Crippen LogP contribution in [0.4, 0.5) is 0 Å². The minimum Gasteiger partial charge on any atom is -0.463 e. The molecule has 316 valence electrons. The highest BCUT2D eigenvalue weighted by molar-refractivity contribution is 6.02. The Morgan fingerprint density at radius 1 is 0.912 bits per heavy atom. The van der Waals surface area contributed by atoms with Crippen molar-refractivity contribution >= 4 is 29.3 Å². The van der Waals surface area contributed by atoms with Gasteiger partial charge in [-0.05, 0) is 102 Å². The molecule has 0 aromatic heterocycles. The van der Waals surface area contributed by atoms with Crippen molar-refractivity contribution in [1.82, 2.24) is 4.90 Å². The predicted octanol–water partition coefficient (Wildman–Crippen LogP) is 8.17. The average molecular weight is 792 g/mol. The number of carbonyl (C=O) groups excluding carboxylic acids is 5. The summed E-state index contributed by atoms with van der Waals surface area (Å²) in [6.07, 6.45) is 30.8. The third-order valence-corrected chi connectivity index (χ3v) is 13.2. The van der Waals surface area contributed by atoms with Crippen molar-refractivity contribution in [1.29, 1.82) is 0 Å². The molecule has 0 aromatic rings. The number of epoxide rings is 1. The van der Waals surface area contributed by atoms with Gasteiger partial charge in [0.2, 0.25) is 5.78 Å². The molecule has 7 atom stereocenters. The monoisotopic (exact) mass is 791 g/mol. The number of carbonyl (C=O) groups is 5. The average Bonchev–Trinajstić information content (AvgIpc) is 3.70. The van der Waals surface area contributed by atoms with E-state index in [2.05, 4.69) is 38.2 Å². The van der Waals surface area contributed by atoms with Crippen molar-refractivity contribution < 1.29 is 42.9 Å². The van der Waals surface area contributed by atoms with E-state index in [4.69, 9.17) is 18.9 Å². The van der Waals surface area contributed by atoms with Gasteiger partial charge in [-0.25, -0.2) is 0 Å². The molecule has 10 heteroatoms. The van der Waals surface area contributed by atoms with Gasteiger partial charge in [-0.3, -0.25) is 24.0 Å². The maximum absolute atomic E-state index is 13.8. The fourth-order valence-corrected chi connectivity index (χ4v) is 10.2. The minimum atomic E-state index is -1.10. The van der Waals surface area contributed by atoms with Crippen molar-refractivity contribution in [2.75, 3.05) is 40.5 Å². The number of likely N-dealkylation sites (N-methyl/N-ethyl adjacent to an activating group) is 1. The highest BCUT2D eigenvalue weighted by Gasteiger charge is 2.83. The molecule has 1 saturated heterocycles. The van der Waals surface area contributed by atoms with Crippen molar-refractivity contribution in [3.63, 3.8) is 0 Å². The zero-order valence-electron chi connectivity index (χ0n) is 35.2. The molecular weight excluding hydrogens is 723 g/mol. The molecule has 5 rings (SSSR count). The van der Waals surface area contributed by atoms with Crippen LogP contribution in [0, 0.1) is 23.2 Å². The number of rotatable bonds is 26. The summed E-state index contributed by atoms with van der Waals surface area (Å²) in [5, 5.41) is 0. The highest BCUT2D eigenvalue weighted by atomic mass is 16.6. The molecule has 0 N–H and O–H groups in total. The summed E-state index contributed by atoms with van der Waals surface area (Å²) in [6, 6.07) is 0. The molecule has 4 aliphatic carbocycles. The number of Topliss-reactive ketones (excluding diaryl/α,β-unsaturated/α-hetero) is 2. The van der Waals surface area contributed by atoms with Crippen LogP contribution in [0.25, 0.3) is 0 Å². The Bertz CT molecular complexity index is 1540. The van der Waals surface area contributed by atoms with E-state index in [0.29, 0.717) is 19.6 Å². The Labute approximate surface area is 341 Å². The normalized spacial score (nSPS) is 29.2. The van der Waals surface area contributed by atoms with Gasteiger partial charge in [-0.1, -0.05) is 88.3 Å². The molecule has 5 aliphatic rings. The molecule has 1 aliphatic heterocycles. The second kappa shape index (κ2) is 21.2. The van der Waals surface area contributed by atoms with Crippen LogP contribution in [0.15, 0.2) is 48.1 Å². The molecule has 1 heterocycles. The van der Waals surface area contributed by atoms with E-state index in [-0.39, 0.29) is 67.1 Å². The van der Waals surface area contributed by atoms with Gasteiger partial charge >= 0.3 is 11.9 Å². The molecule has 0 bridgehead atoms. The first-order valence-corrected chi connectivity index (χ1v) is 22.0. The lowest BCUT2D eigenvalue weighted by molar-refractivity contribution is -0.154. The van der Waals surface area contributed by atoms with Crippen molar-refractivity contribution in [3.8, 4) is 0 Å². The van der Waals surface area contributed by atoms with E-state index in [1.807, 2.05) is 25.1 Å². The van der Waals surface area contributed by atoms with E-state index in [1.54, 1.807) is 12.2 Å². The van der Waals surface area contributed by atoms with E-state index in [1.165, 1.54) is 51.4 Å². The van der Waals surface area contributed by atoms with Gasteiger partial charge in [0.15, 0.2) is 18.0 Å². The number of unbranched alkanes of at least 4 members (excludes halogenated alkanes) is 9. The Hall–Kier alpha value is -3.21. The molecule has 0 aromatic carbocycles. The van der Waals surface area contributed by atoms with Crippen molar-refractivity contribution in [3.05, 3.63) is 48.1 Å². The van der Waals surface area contributed by atoms with Crippen molar-refractivity contribution in [2.45, 2.75) is 153 Å². The summed E-state index contributed by atoms with van der Waals surface area (Å²) < 4.78 is 23.1. The second-order valence-corrected chi connectivity index (χ2v) is 17.6. The molecule has 0 radical (unpaired) electrons. The van der Waals surface area contributed by atoms with Crippen LogP contribution in [0.1, 0.15) is 136 Å². The number of esters is 2. The Kier molecular flexibility index (Phi) is 16.7. The SMILES string of the molecule is CCCCC/C=C\C/C=C\CCCCCCCCOC(COC(=O)CCC(=O)OCC(=O)[C@@]12CCC3[C@@H]4CCC5=CC(=O)C=C[C@]5(C)[C@H]4C(=O)CC31O2)CN(C)C. The zero-order chi connectivity index (χ0) is 40.9. The topological polar surface area (TPSA) is 129 Å². The number of allylic oxidation sites excluding steroid dienone is 8. The number of hydrogen-bond acceptors (Lipinski definition) is 10. The van der Waals surface area contributed by atoms with E-state index in [0.717, 1.165) is 50.5 Å². The Morgan fingerprint density at radius 3 is 2.32 bits per heavy atom. The smallest absolute Gasteiger partial charge is 0.306 e. The van der Waals surface area contributed by atoms with Crippen LogP contribution < -0.4 is 0 Å². The van der Waals surface area contributed by atoms with Crippen LogP contribution in [-0.4, -0.2) is 92.0 Å². The summed E-state index contributed by atoms with van der Waals surface area (Å²) >= 11 is 0. The summed E-state index contributed by atoms with van der Waals surface area (Å²) in [7, 11) is 3.89. The number of hydrogen-bond donors (Lipinski definition) is 0. The Morgan fingerprint density at radius 2 is 1.60 bits per heavy atom. The Balaban J connectivity index is 0.927. The lowest BCUT2D eigenvalue weighted by Crippen LogP contribution is -2.54. The van der Waals surface area contributed by atoms with E-state index < -0.39 is 35.2 Å². The maximum Gasteiger partial charge on any atom is 0.306 e. The molecule has 1 spiro atoms. The van der Waals surface area contributed by atoms with Crippen LogP contribution >= 0.6 is 0 Å². The van der Waals surface area contributed by atoms with Crippen LogP contribution in [0.3, 0.4) is 0 Å². The first kappa shape index (κ1) is 44.9. The zero-order valence-corrected chi connectivity index (χ0v) is 35.2. The largest absolute Gasteiger partial charge is 0.463 e. The fourth-order valence-electron chi connectivity index (χ4n) is 10.2. The molecule has 10 nitrogen and oxygen atoms in total. The first-order chi connectivity index (χ1) is 27.5. The van der Waals surface area contributed by atoms with Gasteiger partial charge < -0.3 is 23.8 Å². The van der Waals surface area contributed by atoms with Crippen LogP contribution in [0.5, 0.6) is 0 Å². The lowest BCUT2D eigenvalue weighted by Gasteiger charge is -2.52. The third-order valence-electron chi connectivity index (χ3n) is 13.2. The fraction of sp³-hybridized carbons (Fsp3) is 0.723.